The van der Waals surface area contributed by atoms with Gasteiger partial charge in [0.1, 0.15) is 23.1 Å². The summed E-state index contributed by atoms with van der Waals surface area (Å²) in [4.78, 5) is 28.4. The fraction of sp³-hybridized carbons (Fsp3) is 0.333. The van der Waals surface area contributed by atoms with Crippen LogP contribution in [0.25, 0.3) is 0 Å². The van der Waals surface area contributed by atoms with Crippen LogP contribution in [-0.4, -0.2) is 60.4 Å². The molecule has 2 aromatic rings. The smallest absolute Gasteiger partial charge is 0.241 e. The third-order valence-corrected chi connectivity index (χ3v) is 5.04. The molecule has 0 spiro atoms. The molecule has 2 N–H and O–H groups in total. The molecule has 0 bridgehead atoms. The highest BCUT2D eigenvalue weighted by molar-refractivity contribution is 5.95. The van der Waals surface area contributed by atoms with Gasteiger partial charge >= 0.3 is 0 Å². The van der Waals surface area contributed by atoms with Gasteiger partial charge in [0.2, 0.25) is 11.8 Å². The quantitative estimate of drug-likeness (QED) is 0.754. The SMILES string of the molecule is CC(C(=O)Nc1c(F)cccc1F)N1CCN(CC(=O)Nc2ccc(F)cc2)CC1. The molecular weight excluding hydrogens is 397 g/mol. The molecule has 6 nitrogen and oxygen atoms in total. The van der Waals surface area contributed by atoms with Crippen molar-refractivity contribution in [3.63, 3.8) is 0 Å². The van der Waals surface area contributed by atoms with Crippen molar-refractivity contribution in [2.24, 2.45) is 0 Å². The highest BCUT2D eigenvalue weighted by Crippen LogP contribution is 2.19. The van der Waals surface area contributed by atoms with Gasteiger partial charge < -0.3 is 10.6 Å². The second-order valence-electron chi connectivity index (χ2n) is 7.13. The van der Waals surface area contributed by atoms with Crippen LogP contribution in [0.15, 0.2) is 42.5 Å². The lowest BCUT2D eigenvalue weighted by Crippen LogP contribution is -2.53. The molecule has 1 saturated heterocycles. The number of rotatable bonds is 6. The zero-order valence-electron chi connectivity index (χ0n) is 16.5. The van der Waals surface area contributed by atoms with Gasteiger partial charge in [0.25, 0.3) is 0 Å². The molecule has 0 aliphatic carbocycles. The predicted molar refractivity (Wildman–Crippen MR) is 107 cm³/mol. The summed E-state index contributed by atoms with van der Waals surface area (Å²) >= 11 is 0. The van der Waals surface area contributed by atoms with Gasteiger partial charge in [0.15, 0.2) is 0 Å². The lowest BCUT2D eigenvalue weighted by Gasteiger charge is -2.37. The molecule has 160 valence electrons. The fourth-order valence-corrected chi connectivity index (χ4v) is 3.26. The summed E-state index contributed by atoms with van der Waals surface area (Å²) in [5.74, 6) is -2.74. The van der Waals surface area contributed by atoms with Crippen LogP contribution in [0.5, 0.6) is 0 Å². The highest BCUT2D eigenvalue weighted by atomic mass is 19.1. The Labute approximate surface area is 172 Å². The number of carbonyl (C=O) groups is 2. The number of nitrogens with zero attached hydrogens (tertiary/aromatic N) is 2. The van der Waals surface area contributed by atoms with Crippen LogP contribution < -0.4 is 10.6 Å². The summed E-state index contributed by atoms with van der Waals surface area (Å²) in [6, 6.07) is 8.34. The number of halogens is 3. The molecule has 1 aliphatic heterocycles. The maximum Gasteiger partial charge on any atom is 0.241 e. The van der Waals surface area contributed by atoms with Gasteiger partial charge in [-0.1, -0.05) is 6.07 Å². The molecule has 2 aromatic carbocycles. The van der Waals surface area contributed by atoms with Crippen LogP contribution in [0.4, 0.5) is 24.5 Å². The van der Waals surface area contributed by atoms with Gasteiger partial charge in [0.05, 0.1) is 12.6 Å². The normalized spacial score (nSPS) is 16.1. The van der Waals surface area contributed by atoms with Crippen molar-refractivity contribution < 1.29 is 22.8 Å². The van der Waals surface area contributed by atoms with Crippen molar-refractivity contribution in [1.82, 2.24) is 9.80 Å². The molecule has 0 radical (unpaired) electrons. The van der Waals surface area contributed by atoms with Crippen LogP contribution in [0.1, 0.15) is 6.92 Å². The van der Waals surface area contributed by atoms with Crippen LogP contribution in [0, 0.1) is 17.5 Å². The Bertz CT molecular complexity index is 879. The number of nitrogens with one attached hydrogen (secondary N) is 2. The second kappa shape index (κ2) is 9.73. The average Bonchev–Trinajstić information content (AvgIpc) is 2.72. The average molecular weight is 420 g/mol. The first-order chi connectivity index (χ1) is 14.3. The van der Waals surface area contributed by atoms with Gasteiger partial charge in [0, 0.05) is 31.9 Å². The van der Waals surface area contributed by atoms with Crippen molar-refractivity contribution in [1.29, 1.82) is 0 Å². The van der Waals surface area contributed by atoms with Crippen LogP contribution in [-0.2, 0) is 9.59 Å². The summed E-state index contributed by atoms with van der Waals surface area (Å²) in [6.45, 7) is 4.01. The number of hydrogen-bond acceptors (Lipinski definition) is 4. The maximum atomic E-state index is 13.7. The van der Waals surface area contributed by atoms with E-state index in [1.54, 1.807) is 6.92 Å². The lowest BCUT2D eigenvalue weighted by molar-refractivity contribution is -0.122. The van der Waals surface area contributed by atoms with Gasteiger partial charge in [-0.2, -0.15) is 0 Å². The number of piperazine rings is 1. The summed E-state index contributed by atoms with van der Waals surface area (Å²) in [5.41, 5.74) is 0.0659. The van der Waals surface area contributed by atoms with Crippen molar-refractivity contribution in [2.45, 2.75) is 13.0 Å². The number of anilines is 2. The van der Waals surface area contributed by atoms with Crippen molar-refractivity contribution in [3.8, 4) is 0 Å². The molecule has 9 heteroatoms. The van der Waals surface area contributed by atoms with E-state index in [9.17, 15) is 22.8 Å². The van der Waals surface area contributed by atoms with E-state index in [4.69, 9.17) is 0 Å². The third-order valence-electron chi connectivity index (χ3n) is 5.04. The van der Waals surface area contributed by atoms with Crippen molar-refractivity contribution in [3.05, 3.63) is 59.9 Å². The number of carbonyl (C=O) groups excluding carboxylic acids is 2. The Morgan fingerprint density at radius 1 is 0.933 bits per heavy atom. The Kier molecular flexibility index (Phi) is 7.07. The minimum absolute atomic E-state index is 0.173. The van der Waals surface area contributed by atoms with E-state index in [2.05, 4.69) is 10.6 Å². The Morgan fingerprint density at radius 2 is 1.53 bits per heavy atom. The van der Waals surface area contributed by atoms with Gasteiger partial charge in [-0.25, -0.2) is 13.2 Å². The molecule has 2 amide bonds. The lowest BCUT2D eigenvalue weighted by atomic mass is 10.2. The van der Waals surface area contributed by atoms with Crippen LogP contribution in [0.3, 0.4) is 0 Å². The van der Waals surface area contributed by atoms with Crippen LogP contribution in [0.2, 0.25) is 0 Å². The zero-order chi connectivity index (χ0) is 21.7. The fourth-order valence-electron chi connectivity index (χ4n) is 3.26. The highest BCUT2D eigenvalue weighted by Gasteiger charge is 2.27. The van der Waals surface area contributed by atoms with E-state index in [1.807, 2.05) is 9.80 Å². The minimum Gasteiger partial charge on any atom is -0.325 e. The molecular formula is C21H23F3N4O2. The molecule has 30 heavy (non-hydrogen) atoms. The van der Waals surface area contributed by atoms with Gasteiger partial charge in [-0.05, 0) is 43.3 Å². The first-order valence-electron chi connectivity index (χ1n) is 9.60. The first kappa shape index (κ1) is 21.8. The molecule has 0 aromatic heterocycles. The van der Waals surface area contributed by atoms with E-state index >= 15 is 0 Å². The topological polar surface area (TPSA) is 64.7 Å². The standard InChI is InChI=1S/C21H23F3N4O2/c1-14(21(30)26-20-17(23)3-2-4-18(20)24)28-11-9-27(10-12-28)13-19(29)25-16-7-5-15(22)6-8-16/h2-8,14H,9-13H2,1H3,(H,25,29)(H,26,30). The number of hydrogen-bond donors (Lipinski definition) is 2. The molecule has 1 aliphatic rings. The van der Waals surface area contributed by atoms with Gasteiger partial charge in [-0.3, -0.25) is 19.4 Å². The summed E-state index contributed by atoms with van der Waals surface area (Å²) in [6.07, 6.45) is 0. The minimum atomic E-state index is -0.826. The molecule has 1 fully saturated rings. The molecule has 1 unspecified atom stereocenters. The predicted octanol–water partition coefficient (Wildman–Crippen LogP) is 2.69. The number of amides is 2. The summed E-state index contributed by atoms with van der Waals surface area (Å²) < 4.78 is 40.4. The van der Waals surface area contributed by atoms with E-state index in [0.29, 0.717) is 31.9 Å². The van der Waals surface area contributed by atoms with E-state index in [-0.39, 0.29) is 18.3 Å². The zero-order valence-corrected chi connectivity index (χ0v) is 16.5. The van der Waals surface area contributed by atoms with E-state index in [0.717, 1.165) is 12.1 Å². The summed E-state index contributed by atoms with van der Waals surface area (Å²) in [7, 11) is 0. The van der Waals surface area contributed by atoms with E-state index in [1.165, 1.54) is 30.3 Å². The Hall–Kier alpha value is -2.91. The third kappa shape index (κ3) is 5.58. The monoisotopic (exact) mass is 420 g/mol. The van der Waals surface area contributed by atoms with Crippen LogP contribution >= 0.6 is 0 Å². The largest absolute Gasteiger partial charge is 0.325 e. The molecule has 3 rings (SSSR count). The molecule has 0 saturated carbocycles. The van der Waals surface area contributed by atoms with Crippen molar-refractivity contribution in [2.75, 3.05) is 43.4 Å². The first-order valence-corrected chi connectivity index (χ1v) is 9.60. The second-order valence-corrected chi connectivity index (χ2v) is 7.13. The van der Waals surface area contributed by atoms with Crippen molar-refractivity contribution >= 4 is 23.2 Å². The molecule has 1 atom stereocenters. The number of benzene rings is 2. The Balaban J connectivity index is 1.46. The Morgan fingerprint density at radius 3 is 2.13 bits per heavy atom. The van der Waals surface area contributed by atoms with E-state index < -0.39 is 29.3 Å². The number of para-hydroxylation sites is 1. The molecule has 1 heterocycles. The maximum absolute atomic E-state index is 13.7. The summed E-state index contributed by atoms with van der Waals surface area (Å²) in [5, 5.41) is 5.03. The van der Waals surface area contributed by atoms with Gasteiger partial charge in [-0.15, -0.1) is 0 Å².